The Hall–Kier alpha value is -3.68. The van der Waals surface area contributed by atoms with Crippen molar-refractivity contribution in [2.45, 2.75) is 45.6 Å². The van der Waals surface area contributed by atoms with Crippen molar-refractivity contribution in [1.29, 1.82) is 0 Å². The van der Waals surface area contributed by atoms with Crippen LogP contribution < -0.4 is 9.47 Å². The minimum Gasteiger partial charge on any atom is -0.494 e. The molecule has 0 atom stereocenters. The van der Waals surface area contributed by atoms with E-state index in [4.69, 9.17) is 32.7 Å². The van der Waals surface area contributed by atoms with Crippen molar-refractivity contribution in [2.75, 3.05) is 26.7 Å². The number of unbranched alkanes of at least 4 members (excludes halogenated alkanes) is 2. The van der Waals surface area contributed by atoms with Gasteiger partial charge in [0.15, 0.2) is 0 Å². The van der Waals surface area contributed by atoms with Gasteiger partial charge in [-0.2, -0.15) is 5.10 Å². The second-order valence-electron chi connectivity index (χ2n) is 10.1. The van der Waals surface area contributed by atoms with Crippen LogP contribution in [0.5, 0.6) is 11.5 Å². The number of aromatic amines is 1. The number of hydrogen-bond acceptors (Lipinski definition) is 5. The molecule has 2 heterocycles. The highest BCUT2D eigenvalue weighted by Crippen LogP contribution is 2.30. The predicted octanol–water partition coefficient (Wildman–Crippen LogP) is 8.60. The number of nitrogens with zero attached hydrogens (tertiary/aromatic N) is 3. The van der Waals surface area contributed by atoms with Crippen LogP contribution in [0.2, 0.25) is 10.0 Å². The fourth-order valence-corrected chi connectivity index (χ4v) is 4.89. The van der Waals surface area contributed by atoms with Gasteiger partial charge in [0.2, 0.25) is 0 Å². The monoisotopic (exact) mass is 608 g/mol. The van der Waals surface area contributed by atoms with Crippen molar-refractivity contribution in [2.24, 2.45) is 5.10 Å². The van der Waals surface area contributed by atoms with Gasteiger partial charge >= 0.3 is 6.09 Å². The number of nitrogens with one attached hydrogen (secondary N) is 1. The standard InChI is InChI=1S/C18H14Cl2N2O2.C15H24N2O/c19-11-1-4-13(5-2-11)24-18(23)22-8-7-14-15-9-12(20)3-6-16(15)21-17(14)10-22;1-3-4-8-12-16-17(2)13-9-14-18-15-10-6-5-7-11-15/h1-6,9,21H,7-8,10H2;5-7,10-12H,3-4,8-9,13-14H2,1-2H3/b;16-12-. The van der Waals surface area contributed by atoms with E-state index in [9.17, 15) is 4.79 Å². The third-order valence-corrected chi connectivity index (χ3v) is 7.30. The number of hydrogen-bond donors (Lipinski definition) is 1. The van der Waals surface area contributed by atoms with Crippen molar-refractivity contribution in [3.05, 3.63) is 94.1 Å². The van der Waals surface area contributed by atoms with Crippen LogP contribution in [0, 0.1) is 0 Å². The molecule has 1 aliphatic heterocycles. The lowest BCUT2D eigenvalue weighted by molar-refractivity contribution is 0.146. The number of para-hydroxylation sites is 1. The van der Waals surface area contributed by atoms with Crippen LogP contribution in [0.3, 0.4) is 0 Å². The first-order valence-electron chi connectivity index (χ1n) is 14.4. The molecule has 3 aromatic carbocycles. The lowest BCUT2D eigenvalue weighted by Crippen LogP contribution is -2.37. The molecule has 4 aromatic rings. The van der Waals surface area contributed by atoms with E-state index in [1.165, 1.54) is 18.4 Å². The van der Waals surface area contributed by atoms with Gasteiger partial charge in [-0.1, -0.05) is 54.7 Å². The van der Waals surface area contributed by atoms with Gasteiger partial charge < -0.3 is 24.4 Å². The first-order chi connectivity index (χ1) is 20.4. The maximum Gasteiger partial charge on any atom is 0.415 e. The fourth-order valence-electron chi connectivity index (χ4n) is 4.59. The second kappa shape index (κ2) is 16.1. The minimum absolute atomic E-state index is 0.361. The molecule has 1 aromatic heterocycles. The summed E-state index contributed by atoms with van der Waals surface area (Å²) in [7, 11) is 2.00. The lowest BCUT2D eigenvalue weighted by Gasteiger charge is -2.26. The Morgan fingerprint density at radius 3 is 2.55 bits per heavy atom. The van der Waals surface area contributed by atoms with Crippen LogP contribution in [0.4, 0.5) is 4.79 Å². The van der Waals surface area contributed by atoms with Crippen molar-refractivity contribution in [3.8, 4) is 11.5 Å². The van der Waals surface area contributed by atoms with Crippen LogP contribution in [0.25, 0.3) is 10.9 Å². The number of fused-ring (bicyclic) bond motifs is 3. The van der Waals surface area contributed by atoms with Gasteiger partial charge in [-0.3, -0.25) is 0 Å². The van der Waals surface area contributed by atoms with Crippen LogP contribution in [-0.2, 0) is 13.0 Å². The molecule has 0 spiro atoms. The molecule has 0 aliphatic carbocycles. The average molecular weight is 610 g/mol. The normalized spacial score (nSPS) is 12.5. The molecule has 42 heavy (non-hydrogen) atoms. The number of carbonyl (C=O) groups is 1. The topological polar surface area (TPSA) is 70.2 Å². The molecule has 0 radical (unpaired) electrons. The van der Waals surface area contributed by atoms with E-state index in [2.05, 4.69) is 17.0 Å². The van der Waals surface area contributed by atoms with Crippen molar-refractivity contribution >= 4 is 46.4 Å². The SMILES string of the molecule is CCCC/C=N\N(C)CCCOc1ccccc1.O=C(Oc1ccc(Cl)cc1)N1CCc2c([nH]c3ccc(Cl)cc23)C1. The average Bonchev–Trinajstić information content (AvgIpc) is 3.36. The zero-order valence-electron chi connectivity index (χ0n) is 24.2. The summed E-state index contributed by atoms with van der Waals surface area (Å²) in [4.78, 5) is 17.4. The predicted molar refractivity (Wildman–Crippen MR) is 172 cm³/mol. The number of aromatic nitrogens is 1. The summed E-state index contributed by atoms with van der Waals surface area (Å²) in [6.45, 7) is 4.96. The molecular formula is C33H38Cl2N4O3. The van der Waals surface area contributed by atoms with Crippen LogP contribution in [-0.4, -0.2) is 53.9 Å². The molecule has 0 fully saturated rings. The molecule has 0 saturated heterocycles. The summed E-state index contributed by atoms with van der Waals surface area (Å²) >= 11 is 11.9. The Morgan fingerprint density at radius 2 is 1.79 bits per heavy atom. The summed E-state index contributed by atoms with van der Waals surface area (Å²) in [5.41, 5.74) is 3.30. The highest BCUT2D eigenvalue weighted by molar-refractivity contribution is 6.31. The van der Waals surface area contributed by atoms with Gasteiger partial charge in [-0.25, -0.2) is 4.79 Å². The van der Waals surface area contributed by atoms with Gasteiger partial charge in [0.1, 0.15) is 11.5 Å². The van der Waals surface area contributed by atoms with Crippen molar-refractivity contribution < 1.29 is 14.3 Å². The third kappa shape index (κ3) is 9.43. The van der Waals surface area contributed by atoms with Gasteiger partial charge in [0.05, 0.1) is 13.2 Å². The largest absolute Gasteiger partial charge is 0.494 e. The van der Waals surface area contributed by atoms with E-state index in [-0.39, 0.29) is 6.09 Å². The fraction of sp³-hybridized carbons (Fsp3) is 0.333. The zero-order chi connectivity index (χ0) is 29.7. The maximum absolute atomic E-state index is 12.4. The number of benzene rings is 3. The Morgan fingerprint density at radius 1 is 1.02 bits per heavy atom. The maximum atomic E-state index is 12.4. The summed E-state index contributed by atoms with van der Waals surface area (Å²) in [5.74, 6) is 1.42. The summed E-state index contributed by atoms with van der Waals surface area (Å²) < 4.78 is 11.0. The number of hydrazone groups is 1. The summed E-state index contributed by atoms with van der Waals surface area (Å²) in [6.07, 6.45) is 6.90. The molecule has 1 aliphatic rings. The van der Waals surface area contributed by atoms with E-state index in [0.29, 0.717) is 28.9 Å². The van der Waals surface area contributed by atoms with Crippen LogP contribution in [0.15, 0.2) is 77.9 Å². The Kier molecular flexibility index (Phi) is 12.0. The number of amides is 1. The first kappa shape index (κ1) is 31.3. The zero-order valence-corrected chi connectivity index (χ0v) is 25.7. The van der Waals surface area contributed by atoms with Crippen LogP contribution in [0.1, 0.15) is 43.9 Å². The highest BCUT2D eigenvalue weighted by atomic mass is 35.5. The van der Waals surface area contributed by atoms with E-state index in [1.54, 1.807) is 29.2 Å². The van der Waals surface area contributed by atoms with Gasteiger partial charge in [-0.05, 0) is 79.4 Å². The highest BCUT2D eigenvalue weighted by Gasteiger charge is 2.25. The van der Waals surface area contributed by atoms with E-state index < -0.39 is 0 Å². The second-order valence-corrected chi connectivity index (χ2v) is 11.0. The van der Waals surface area contributed by atoms with E-state index in [1.807, 2.05) is 66.8 Å². The van der Waals surface area contributed by atoms with Gasteiger partial charge in [0, 0.05) is 59.4 Å². The Balaban J connectivity index is 0.000000202. The van der Waals surface area contributed by atoms with E-state index >= 15 is 0 Å². The van der Waals surface area contributed by atoms with Crippen LogP contribution >= 0.6 is 23.2 Å². The molecule has 0 unspecified atom stereocenters. The molecule has 1 N–H and O–H groups in total. The molecule has 222 valence electrons. The number of rotatable bonds is 10. The van der Waals surface area contributed by atoms with Gasteiger partial charge in [0.25, 0.3) is 0 Å². The summed E-state index contributed by atoms with van der Waals surface area (Å²) in [5, 5.41) is 8.79. The molecular weight excluding hydrogens is 571 g/mol. The Bertz CT molecular complexity index is 1440. The first-order valence-corrected chi connectivity index (χ1v) is 15.1. The number of ether oxygens (including phenoxy) is 2. The number of H-pyrrole nitrogens is 1. The molecule has 0 saturated carbocycles. The van der Waals surface area contributed by atoms with E-state index in [0.717, 1.165) is 54.8 Å². The number of carbonyl (C=O) groups excluding carboxylic acids is 1. The molecule has 7 nitrogen and oxygen atoms in total. The minimum atomic E-state index is -0.361. The molecule has 9 heteroatoms. The van der Waals surface area contributed by atoms with Crippen molar-refractivity contribution in [1.82, 2.24) is 14.9 Å². The van der Waals surface area contributed by atoms with Crippen molar-refractivity contribution in [3.63, 3.8) is 0 Å². The smallest absolute Gasteiger partial charge is 0.415 e. The quantitative estimate of drug-likeness (QED) is 0.111. The molecule has 0 bridgehead atoms. The molecule has 1 amide bonds. The summed E-state index contributed by atoms with van der Waals surface area (Å²) in [6, 6.07) is 22.5. The van der Waals surface area contributed by atoms with Gasteiger partial charge in [-0.15, -0.1) is 0 Å². The molecule has 5 rings (SSSR count). The lowest BCUT2D eigenvalue weighted by atomic mass is 10.0. The Labute approximate surface area is 258 Å². The third-order valence-electron chi connectivity index (χ3n) is 6.82. The number of halogens is 2.